The van der Waals surface area contributed by atoms with E-state index in [1.54, 1.807) is 45.0 Å². The molecule has 0 bridgehead atoms. The van der Waals surface area contributed by atoms with Crippen molar-refractivity contribution in [3.8, 4) is 5.75 Å². The topological polar surface area (TPSA) is 97.3 Å². The second kappa shape index (κ2) is 11.1. The van der Waals surface area contributed by atoms with Gasteiger partial charge in [0.15, 0.2) is 0 Å². The summed E-state index contributed by atoms with van der Waals surface area (Å²) in [6.07, 6.45) is -7.36. The van der Waals surface area contributed by atoms with E-state index in [9.17, 15) is 27.9 Å². The van der Waals surface area contributed by atoms with Crippen molar-refractivity contribution in [2.45, 2.75) is 51.3 Å². The van der Waals surface area contributed by atoms with Crippen LogP contribution in [0.3, 0.4) is 0 Å². The summed E-state index contributed by atoms with van der Waals surface area (Å²) in [7, 11) is 0. The normalized spacial score (nSPS) is 17.4. The van der Waals surface area contributed by atoms with Crippen LogP contribution in [0.2, 0.25) is 0 Å². The number of halogens is 3. The molecule has 0 fully saturated rings. The molecule has 0 unspecified atom stereocenters. The number of hydrogen-bond donors (Lipinski definition) is 2. The lowest BCUT2D eigenvalue weighted by molar-refractivity contribution is -0.137. The quantitative estimate of drug-likeness (QED) is 0.587. The van der Waals surface area contributed by atoms with Crippen molar-refractivity contribution < 1.29 is 42.1 Å². The van der Waals surface area contributed by atoms with Crippen LogP contribution in [0.4, 0.5) is 22.8 Å². The molecule has 2 amide bonds. The van der Waals surface area contributed by atoms with E-state index in [2.05, 4.69) is 5.32 Å². The Balaban J connectivity index is 1.83. The number of carbonyl (C=O) groups is 2. The number of aliphatic hydroxyl groups is 1. The third kappa shape index (κ3) is 7.27. The van der Waals surface area contributed by atoms with Crippen LogP contribution in [0.1, 0.15) is 43.5 Å². The lowest BCUT2D eigenvalue weighted by Crippen LogP contribution is -2.48. The van der Waals surface area contributed by atoms with Gasteiger partial charge in [0.25, 0.3) is 0 Å². The number of ether oxygens (including phenoxy) is 3. The predicted octanol–water partition coefficient (Wildman–Crippen LogP) is 4.66. The molecule has 2 N–H and O–H groups in total. The number of fused-ring (bicyclic) bond motifs is 1. The van der Waals surface area contributed by atoms with Gasteiger partial charge in [-0.15, -0.1) is 0 Å². The van der Waals surface area contributed by atoms with E-state index in [4.69, 9.17) is 14.2 Å². The maximum atomic E-state index is 13.2. The maximum absolute atomic E-state index is 13.2. The van der Waals surface area contributed by atoms with E-state index in [1.807, 2.05) is 6.07 Å². The molecule has 3 rings (SSSR count). The summed E-state index contributed by atoms with van der Waals surface area (Å²) in [5, 5.41) is 13.2. The van der Waals surface area contributed by atoms with Crippen molar-refractivity contribution in [3.63, 3.8) is 0 Å². The van der Waals surface area contributed by atoms with Crippen LogP contribution in [0.15, 0.2) is 48.5 Å². The van der Waals surface area contributed by atoms with Gasteiger partial charge in [-0.1, -0.05) is 36.4 Å². The third-order valence-electron chi connectivity index (χ3n) is 5.23. The Kier molecular flexibility index (Phi) is 8.34. The fourth-order valence-corrected chi connectivity index (χ4v) is 3.67. The third-order valence-corrected chi connectivity index (χ3v) is 5.23. The van der Waals surface area contributed by atoms with E-state index < -0.39 is 41.7 Å². The Morgan fingerprint density at radius 1 is 1.14 bits per heavy atom. The minimum absolute atomic E-state index is 0.0601. The molecule has 0 spiro atoms. The van der Waals surface area contributed by atoms with Crippen molar-refractivity contribution >= 4 is 12.2 Å². The Bertz CT molecular complexity index is 1060. The lowest BCUT2D eigenvalue weighted by atomic mass is 9.95. The van der Waals surface area contributed by atoms with E-state index in [1.165, 1.54) is 11.0 Å². The first kappa shape index (κ1) is 27.1. The van der Waals surface area contributed by atoms with Crippen molar-refractivity contribution in [2.24, 2.45) is 0 Å². The lowest BCUT2D eigenvalue weighted by Gasteiger charge is -2.38. The SMILES string of the molecule is CC(C)(C)OC(=O)NCCN(C(=O)OCc1ccccc1)[C@@H]1c2ccc(C(F)(F)F)cc2OC[C@H]1O. The molecule has 0 saturated heterocycles. The Morgan fingerprint density at radius 2 is 1.83 bits per heavy atom. The highest BCUT2D eigenvalue weighted by atomic mass is 19.4. The number of hydrogen-bond acceptors (Lipinski definition) is 6. The van der Waals surface area contributed by atoms with E-state index >= 15 is 0 Å². The number of benzene rings is 2. The largest absolute Gasteiger partial charge is 0.490 e. The average Bonchev–Trinajstić information content (AvgIpc) is 2.79. The fourth-order valence-electron chi connectivity index (χ4n) is 3.67. The van der Waals surface area contributed by atoms with Gasteiger partial charge in [-0.25, -0.2) is 9.59 Å². The molecule has 0 saturated carbocycles. The minimum Gasteiger partial charge on any atom is -0.490 e. The maximum Gasteiger partial charge on any atom is 0.416 e. The number of nitrogens with zero attached hydrogens (tertiary/aromatic N) is 1. The molecule has 1 aliphatic rings. The van der Waals surface area contributed by atoms with Gasteiger partial charge >= 0.3 is 18.4 Å². The zero-order valence-corrected chi connectivity index (χ0v) is 20.2. The summed E-state index contributed by atoms with van der Waals surface area (Å²) in [6, 6.07) is 10.7. The van der Waals surface area contributed by atoms with Gasteiger partial charge < -0.3 is 24.6 Å². The molecule has 0 radical (unpaired) electrons. The van der Waals surface area contributed by atoms with Crippen LogP contribution in [0.5, 0.6) is 5.75 Å². The number of carbonyl (C=O) groups excluding carboxylic acids is 2. The second-order valence-electron chi connectivity index (χ2n) is 9.24. The number of amides is 2. The Labute approximate surface area is 206 Å². The van der Waals surface area contributed by atoms with E-state index in [0.29, 0.717) is 0 Å². The van der Waals surface area contributed by atoms with Crippen LogP contribution >= 0.6 is 0 Å². The molecule has 2 atom stereocenters. The van der Waals surface area contributed by atoms with Gasteiger partial charge in [-0.05, 0) is 38.5 Å². The highest BCUT2D eigenvalue weighted by Gasteiger charge is 2.39. The molecular weight excluding hydrogens is 481 g/mol. The summed E-state index contributed by atoms with van der Waals surface area (Å²) in [4.78, 5) is 26.3. The summed E-state index contributed by atoms with van der Waals surface area (Å²) >= 11 is 0. The zero-order valence-electron chi connectivity index (χ0n) is 20.2. The summed E-state index contributed by atoms with van der Waals surface area (Å²) in [5.74, 6) is -0.0962. The number of alkyl halides is 3. The Morgan fingerprint density at radius 3 is 2.47 bits per heavy atom. The van der Waals surface area contributed by atoms with Crippen molar-refractivity contribution in [1.29, 1.82) is 0 Å². The van der Waals surface area contributed by atoms with Crippen LogP contribution in [0, 0.1) is 0 Å². The molecule has 2 aromatic rings. The molecule has 0 aromatic heterocycles. The van der Waals surface area contributed by atoms with E-state index in [-0.39, 0.29) is 37.6 Å². The van der Waals surface area contributed by atoms with Gasteiger partial charge in [0.05, 0.1) is 11.6 Å². The number of aliphatic hydroxyl groups excluding tert-OH is 1. The summed E-state index contributed by atoms with van der Waals surface area (Å²) in [6.45, 7) is 4.53. The first-order valence-corrected chi connectivity index (χ1v) is 11.3. The Hall–Kier alpha value is -3.47. The van der Waals surface area contributed by atoms with E-state index in [0.717, 1.165) is 17.7 Å². The monoisotopic (exact) mass is 510 g/mol. The molecule has 0 aliphatic carbocycles. The molecule has 2 aromatic carbocycles. The number of nitrogens with one attached hydrogen (secondary N) is 1. The highest BCUT2D eigenvalue weighted by molar-refractivity contribution is 5.70. The highest BCUT2D eigenvalue weighted by Crippen LogP contribution is 2.40. The molecule has 1 heterocycles. The molecule has 36 heavy (non-hydrogen) atoms. The minimum atomic E-state index is -4.59. The fraction of sp³-hybridized carbons (Fsp3) is 0.440. The summed E-state index contributed by atoms with van der Waals surface area (Å²) in [5.41, 5.74) is -0.734. The second-order valence-corrected chi connectivity index (χ2v) is 9.24. The van der Waals surface area contributed by atoms with Crippen LogP contribution in [-0.4, -0.2) is 53.6 Å². The van der Waals surface area contributed by atoms with Gasteiger partial charge in [0.2, 0.25) is 0 Å². The molecule has 8 nitrogen and oxygen atoms in total. The average molecular weight is 511 g/mol. The molecular formula is C25H29F3N2O6. The van der Waals surface area contributed by atoms with Crippen LogP contribution in [-0.2, 0) is 22.3 Å². The van der Waals surface area contributed by atoms with Gasteiger partial charge in [-0.3, -0.25) is 4.90 Å². The first-order valence-electron chi connectivity index (χ1n) is 11.3. The number of alkyl carbamates (subject to hydrolysis) is 1. The van der Waals surface area contributed by atoms with Crippen molar-refractivity contribution in [2.75, 3.05) is 19.7 Å². The standard InChI is InChI=1S/C25H29F3N2O6/c1-24(2,3)36-22(32)29-11-12-30(23(33)35-14-16-7-5-4-6-8-16)21-18-10-9-17(25(26,27)28)13-20(18)34-15-19(21)31/h4-10,13,19,21,31H,11-12,14-15H2,1-3H3,(H,29,32)/t19-,21-/m1/s1. The smallest absolute Gasteiger partial charge is 0.416 e. The predicted molar refractivity (Wildman–Crippen MR) is 123 cm³/mol. The molecule has 1 aliphatic heterocycles. The molecule has 11 heteroatoms. The van der Waals surface area contributed by atoms with Gasteiger partial charge in [-0.2, -0.15) is 13.2 Å². The van der Waals surface area contributed by atoms with Gasteiger partial charge in [0, 0.05) is 18.7 Å². The van der Waals surface area contributed by atoms with Gasteiger partial charge in [0.1, 0.15) is 30.7 Å². The summed E-state index contributed by atoms with van der Waals surface area (Å²) < 4.78 is 55.6. The molecule has 196 valence electrons. The number of rotatable bonds is 6. The van der Waals surface area contributed by atoms with Crippen molar-refractivity contribution in [1.82, 2.24) is 10.2 Å². The van der Waals surface area contributed by atoms with Crippen molar-refractivity contribution in [3.05, 3.63) is 65.2 Å². The van der Waals surface area contributed by atoms with Crippen LogP contribution in [0.25, 0.3) is 0 Å². The van der Waals surface area contributed by atoms with Crippen LogP contribution < -0.4 is 10.1 Å². The first-order chi connectivity index (χ1) is 16.8. The zero-order chi connectivity index (χ0) is 26.5.